The lowest BCUT2D eigenvalue weighted by atomic mass is 10.1. The average Bonchev–Trinajstić information content (AvgIpc) is 2.79. The number of nitrogens with one attached hydrogen (secondary N) is 3. The maximum absolute atomic E-state index is 14.7. The molecule has 2 aromatic carbocycles. The summed E-state index contributed by atoms with van der Waals surface area (Å²) in [5.41, 5.74) is 2.53. The Morgan fingerprint density at radius 2 is 2.03 bits per heavy atom. The van der Waals surface area contributed by atoms with E-state index in [1.165, 1.54) is 6.07 Å². The van der Waals surface area contributed by atoms with Crippen molar-refractivity contribution < 1.29 is 4.39 Å². The molecule has 9 heteroatoms. The molecule has 0 bridgehead atoms. The number of halogens is 2. The summed E-state index contributed by atoms with van der Waals surface area (Å²) in [6.07, 6.45) is 1.65. The van der Waals surface area contributed by atoms with Crippen LogP contribution in [0.25, 0.3) is 0 Å². The molecule has 1 aromatic heterocycles. The molecule has 0 saturated carbocycles. The Kier molecular flexibility index (Phi) is 7.95. The van der Waals surface area contributed by atoms with Gasteiger partial charge in [0.05, 0.1) is 38.6 Å². The van der Waals surface area contributed by atoms with Gasteiger partial charge in [0.15, 0.2) is 0 Å². The summed E-state index contributed by atoms with van der Waals surface area (Å²) in [5.74, 6) is 0.205. The Hall–Kier alpha value is -2.99. The molecule has 6 nitrogen and oxygen atoms in total. The Balaban J connectivity index is 1.82. The van der Waals surface area contributed by atoms with Crippen LogP contribution in [0.4, 0.5) is 27.3 Å². The van der Waals surface area contributed by atoms with Gasteiger partial charge in [0.1, 0.15) is 11.6 Å². The number of nitriles is 1. The van der Waals surface area contributed by atoms with Crippen LogP contribution in [0.15, 0.2) is 59.6 Å². The standard InChI is InChI=1S/C22H22ClFN6S/c1-26-9-10-30(2)20-11-15(14-25)6-7-18(20)28-19-13-17(24)21(12-16(19)23)31-29-22-5-3-4-8-27-22/h3-8,11-13,26,28H,9-10H2,1-2H3,(H,27,29). The molecular weight excluding hydrogens is 435 g/mol. The molecule has 31 heavy (non-hydrogen) atoms. The maximum Gasteiger partial charge on any atom is 0.140 e. The number of benzene rings is 2. The molecule has 0 spiro atoms. The van der Waals surface area contributed by atoms with Crippen LogP contribution in [0.5, 0.6) is 0 Å². The Morgan fingerprint density at radius 3 is 2.74 bits per heavy atom. The zero-order valence-electron chi connectivity index (χ0n) is 17.1. The molecule has 0 aliphatic carbocycles. The van der Waals surface area contributed by atoms with E-state index in [2.05, 4.69) is 26.4 Å². The quantitative estimate of drug-likeness (QED) is 0.379. The molecule has 1 heterocycles. The van der Waals surface area contributed by atoms with Crippen molar-refractivity contribution >= 4 is 46.4 Å². The molecule has 3 N–H and O–H groups in total. The minimum absolute atomic E-state index is 0.354. The number of rotatable bonds is 9. The van der Waals surface area contributed by atoms with Crippen molar-refractivity contribution in [3.05, 3.63) is 71.1 Å². The molecule has 0 amide bonds. The first-order valence-electron chi connectivity index (χ1n) is 9.51. The number of anilines is 4. The fourth-order valence-electron chi connectivity index (χ4n) is 2.80. The van der Waals surface area contributed by atoms with Crippen LogP contribution in [-0.2, 0) is 0 Å². The Bertz CT molecular complexity index is 1070. The topological polar surface area (TPSA) is 76.0 Å². The molecule has 0 atom stereocenters. The number of likely N-dealkylation sites (N-methyl/N-ethyl adjacent to an activating group) is 2. The van der Waals surface area contributed by atoms with Crippen molar-refractivity contribution in [1.82, 2.24) is 10.3 Å². The lowest BCUT2D eigenvalue weighted by Crippen LogP contribution is -2.27. The summed E-state index contributed by atoms with van der Waals surface area (Å²) in [4.78, 5) is 6.52. The van der Waals surface area contributed by atoms with E-state index in [9.17, 15) is 9.65 Å². The van der Waals surface area contributed by atoms with Crippen LogP contribution >= 0.6 is 23.5 Å². The van der Waals surface area contributed by atoms with Crippen molar-refractivity contribution in [2.24, 2.45) is 0 Å². The second-order valence-corrected chi connectivity index (χ2v) is 7.93. The Morgan fingerprint density at radius 1 is 1.19 bits per heavy atom. The lowest BCUT2D eigenvalue weighted by Gasteiger charge is -2.23. The summed E-state index contributed by atoms with van der Waals surface area (Å²) in [5, 5.41) is 15.9. The summed E-state index contributed by atoms with van der Waals surface area (Å²) in [6, 6.07) is 15.8. The summed E-state index contributed by atoms with van der Waals surface area (Å²) in [7, 11) is 3.81. The van der Waals surface area contributed by atoms with Crippen LogP contribution in [0.1, 0.15) is 5.56 Å². The molecule has 0 fully saturated rings. The van der Waals surface area contributed by atoms with Gasteiger partial charge in [0, 0.05) is 32.4 Å². The summed E-state index contributed by atoms with van der Waals surface area (Å²) < 4.78 is 17.7. The summed E-state index contributed by atoms with van der Waals surface area (Å²) >= 11 is 7.55. The number of nitrogens with zero attached hydrogens (tertiary/aromatic N) is 3. The van der Waals surface area contributed by atoms with E-state index in [1.54, 1.807) is 42.6 Å². The third-order valence-electron chi connectivity index (χ3n) is 4.46. The van der Waals surface area contributed by atoms with Crippen molar-refractivity contribution in [1.29, 1.82) is 5.26 Å². The van der Waals surface area contributed by atoms with Gasteiger partial charge in [-0.05, 0) is 55.4 Å². The third-order valence-corrected chi connectivity index (χ3v) is 5.61. The average molecular weight is 457 g/mol. The maximum atomic E-state index is 14.7. The van der Waals surface area contributed by atoms with Crippen LogP contribution in [-0.4, -0.2) is 32.2 Å². The van der Waals surface area contributed by atoms with Crippen molar-refractivity contribution in [2.75, 3.05) is 42.1 Å². The predicted molar refractivity (Wildman–Crippen MR) is 127 cm³/mol. The Labute approximate surface area is 190 Å². The van der Waals surface area contributed by atoms with Gasteiger partial charge >= 0.3 is 0 Å². The van der Waals surface area contributed by atoms with Gasteiger partial charge in [-0.2, -0.15) is 5.26 Å². The van der Waals surface area contributed by atoms with E-state index in [0.717, 1.165) is 36.4 Å². The van der Waals surface area contributed by atoms with E-state index in [-0.39, 0.29) is 0 Å². The minimum atomic E-state index is -0.418. The summed E-state index contributed by atoms with van der Waals surface area (Å²) in [6.45, 7) is 1.51. The van der Waals surface area contributed by atoms with Gasteiger partial charge in [-0.25, -0.2) is 9.37 Å². The van der Waals surface area contributed by atoms with Gasteiger partial charge in [-0.1, -0.05) is 17.7 Å². The highest BCUT2D eigenvalue weighted by Gasteiger charge is 2.14. The first-order chi connectivity index (χ1) is 15.0. The molecule has 160 valence electrons. The predicted octanol–water partition coefficient (Wildman–Crippen LogP) is 5.26. The zero-order chi connectivity index (χ0) is 22.2. The second kappa shape index (κ2) is 10.9. The highest BCUT2D eigenvalue weighted by Crippen LogP contribution is 2.36. The number of hydrogen-bond donors (Lipinski definition) is 3. The molecule has 3 aromatic rings. The van der Waals surface area contributed by atoms with E-state index in [0.29, 0.717) is 27.0 Å². The molecule has 0 aliphatic heterocycles. The van der Waals surface area contributed by atoms with Gasteiger partial charge in [0.2, 0.25) is 0 Å². The normalized spacial score (nSPS) is 10.4. The van der Waals surface area contributed by atoms with Crippen molar-refractivity contribution in [2.45, 2.75) is 4.90 Å². The van der Waals surface area contributed by atoms with Gasteiger partial charge < -0.3 is 20.3 Å². The van der Waals surface area contributed by atoms with E-state index >= 15 is 0 Å². The largest absolute Gasteiger partial charge is 0.372 e. The fourth-order valence-corrected chi connectivity index (χ4v) is 3.74. The molecule has 0 unspecified atom stereocenters. The van der Waals surface area contributed by atoms with Gasteiger partial charge in [0.25, 0.3) is 0 Å². The first kappa shape index (κ1) is 22.7. The molecule has 0 aliphatic rings. The SMILES string of the molecule is CNCCN(C)c1cc(C#N)ccc1Nc1cc(F)c(SNc2ccccn2)cc1Cl. The molecule has 3 rings (SSSR count). The van der Waals surface area contributed by atoms with E-state index in [4.69, 9.17) is 11.6 Å². The third kappa shape index (κ3) is 6.01. The van der Waals surface area contributed by atoms with Crippen molar-refractivity contribution in [3.63, 3.8) is 0 Å². The van der Waals surface area contributed by atoms with Crippen molar-refractivity contribution in [3.8, 4) is 6.07 Å². The molecular formula is C22H22ClFN6S. The van der Waals surface area contributed by atoms with Gasteiger partial charge in [-0.3, -0.25) is 0 Å². The first-order valence-corrected chi connectivity index (χ1v) is 10.7. The van der Waals surface area contributed by atoms with Crippen LogP contribution in [0.2, 0.25) is 5.02 Å². The lowest BCUT2D eigenvalue weighted by molar-refractivity contribution is 0.603. The highest BCUT2D eigenvalue weighted by molar-refractivity contribution is 8.00. The van der Waals surface area contributed by atoms with Gasteiger partial charge in [-0.15, -0.1) is 0 Å². The smallest absolute Gasteiger partial charge is 0.140 e. The second-order valence-electron chi connectivity index (χ2n) is 6.68. The van der Waals surface area contributed by atoms with Crippen LogP contribution in [0.3, 0.4) is 0 Å². The molecule has 0 radical (unpaired) electrons. The number of aromatic nitrogens is 1. The van der Waals surface area contributed by atoms with Crippen LogP contribution in [0, 0.1) is 17.1 Å². The number of pyridine rings is 1. The minimum Gasteiger partial charge on any atom is -0.372 e. The van der Waals surface area contributed by atoms with E-state index < -0.39 is 5.82 Å². The molecule has 0 saturated heterocycles. The zero-order valence-corrected chi connectivity index (χ0v) is 18.7. The monoisotopic (exact) mass is 456 g/mol. The van der Waals surface area contributed by atoms with E-state index in [1.807, 2.05) is 25.1 Å². The fraction of sp³-hybridized carbons (Fsp3) is 0.182. The highest BCUT2D eigenvalue weighted by atomic mass is 35.5. The van der Waals surface area contributed by atoms with Crippen LogP contribution < -0.4 is 20.3 Å². The number of hydrogen-bond acceptors (Lipinski definition) is 7.